The molecule has 1 aliphatic heterocycles. The summed E-state index contributed by atoms with van der Waals surface area (Å²) in [5.74, 6) is 0. The molecule has 1 unspecified atom stereocenters. The Morgan fingerprint density at radius 1 is 1.40 bits per heavy atom. The summed E-state index contributed by atoms with van der Waals surface area (Å²) in [6.07, 6.45) is 1.93. The molecule has 2 N–H and O–H groups in total. The molecule has 1 atom stereocenters. The van der Waals surface area contributed by atoms with Crippen LogP contribution in [0.5, 0.6) is 0 Å². The van der Waals surface area contributed by atoms with Gasteiger partial charge in [-0.05, 0) is 51.4 Å². The van der Waals surface area contributed by atoms with E-state index in [0.717, 1.165) is 31.0 Å². The molecule has 2 rings (SSSR count). The number of nitrogens with zero attached hydrogens (tertiary/aromatic N) is 1. The van der Waals surface area contributed by atoms with E-state index in [9.17, 15) is 0 Å². The number of nitrogens with two attached hydrogens (primary N) is 1. The minimum Gasteiger partial charge on any atom is -0.375 e. The third kappa shape index (κ3) is 3.53. The lowest BCUT2D eigenvalue weighted by Gasteiger charge is -2.49. The zero-order chi connectivity index (χ0) is 14.8. The normalized spacial score (nSPS) is 25.9. The average molecular weight is 297 g/mol. The van der Waals surface area contributed by atoms with Crippen molar-refractivity contribution in [2.24, 2.45) is 5.73 Å². The van der Waals surface area contributed by atoms with Crippen molar-refractivity contribution >= 4 is 11.6 Å². The van der Waals surface area contributed by atoms with E-state index in [1.807, 2.05) is 18.2 Å². The lowest BCUT2D eigenvalue weighted by molar-refractivity contribution is -0.115. The summed E-state index contributed by atoms with van der Waals surface area (Å²) in [5.41, 5.74) is 7.23. The van der Waals surface area contributed by atoms with Crippen LogP contribution in [-0.2, 0) is 11.3 Å². The summed E-state index contributed by atoms with van der Waals surface area (Å²) in [6, 6.07) is 8.03. The van der Waals surface area contributed by atoms with Crippen LogP contribution < -0.4 is 5.73 Å². The van der Waals surface area contributed by atoms with E-state index in [-0.39, 0.29) is 11.1 Å². The van der Waals surface area contributed by atoms with Crippen molar-refractivity contribution in [2.45, 2.75) is 44.4 Å². The first kappa shape index (κ1) is 15.8. The van der Waals surface area contributed by atoms with E-state index in [2.05, 4.69) is 31.9 Å². The van der Waals surface area contributed by atoms with Crippen LogP contribution >= 0.6 is 11.6 Å². The number of halogens is 1. The SMILES string of the molecule is CN(Cc1cccc(Cl)c1)C1(CN)CCOC(C)(C)C1. The predicted octanol–water partition coefficient (Wildman–Crippen LogP) is 3.06. The number of hydrogen-bond donors (Lipinski definition) is 1. The van der Waals surface area contributed by atoms with Gasteiger partial charge in [-0.15, -0.1) is 0 Å². The van der Waals surface area contributed by atoms with Crippen molar-refractivity contribution in [3.8, 4) is 0 Å². The van der Waals surface area contributed by atoms with Gasteiger partial charge in [-0.25, -0.2) is 0 Å². The molecule has 3 nitrogen and oxygen atoms in total. The second-order valence-corrected chi connectivity index (χ2v) is 6.89. The summed E-state index contributed by atoms with van der Waals surface area (Å²) in [4.78, 5) is 2.36. The molecule has 20 heavy (non-hydrogen) atoms. The van der Waals surface area contributed by atoms with Crippen molar-refractivity contribution < 1.29 is 4.74 Å². The number of rotatable bonds is 4. The Kier molecular flexibility index (Phi) is 4.75. The monoisotopic (exact) mass is 296 g/mol. The van der Waals surface area contributed by atoms with E-state index in [1.165, 1.54) is 5.56 Å². The maximum atomic E-state index is 6.12. The summed E-state index contributed by atoms with van der Waals surface area (Å²) in [7, 11) is 2.15. The number of ether oxygens (including phenoxy) is 1. The summed E-state index contributed by atoms with van der Waals surface area (Å²) in [6.45, 7) is 6.56. The van der Waals surface area contributed by atoms with E-state index in [1.54, 1.807) is 0 Å². The molecular weight excluding hydrogens is 272 g/mol. The van der Waals surface area contributed by atoms with Crippen LogP contribution in [-0.4, -0.2) is 36.2 Å². The van der Waals surface area contributed by atoms with Gasteiger partial charge in [0.15, 0.2) is 0 Å². The molecule has 1 saturated heterocycles. The molecule has 1 aromatic carbocycles. The number of benzene rings is 1. The minimum absolute atomic E-state index is 0.00404. The Balaban J connectivity index is 2.14. The summed E-state index contributed by atoms with van der Waals surface area (Å²) < 4.78 is 5.84. The molecule has 1 heterocycles. The molecule has 112 valence electrons. The topological polar surface area (TPSA) is 38.5 Å². The van der Waals surface area contributed by atoms with Crippen molar-refractivity contribution in [1.29, 1.82) is 0 Å². The Hall–Kier alpha value is -0.610. The van der Waals surface area contributed by atoms with Crippen LogP contribution in [0.4, 0.5) is 0 Å². The van der Waals surface area contributed by atoms with Crippen molar-refractivity contribution in [3.63, 3.8) is 0 Å². The molecule has 1 aromatic rings. The van der Waals surface area contributed by atoms with Gasteiger partial charge in [0, 0.05) is 30.3 Å². The minimum atomic E-state index is -0.111. The molecular formula is C16H25ClN2O. The van der Waals surface area contributed by atoms with Crippen molar-refractivity contribution in [2.75, 3.05) is 20.2 Å². The van der Waals surface area contributed by atoms with Crippen LogP contribution in [0.25, 0.3) is 0 Å². The fourth-order valence-electron chi connectivity index (χ4n) is 3.18. The summed E-state index contributed by atoms with van der Waals surface area (Å²) >= 11 is 6.06. The number of hydrogen-bond acceptors (Lipinski definition) is 3. The maximum absolute atomic E-state index is 6.12. The molecule has 0 aromatic heterocycles. The van der Waals surface area contributed by atoms with Crippen LogP contribution in [0.15, 0.2) is 24.3 Å². The number of likely N-dealkylation sites (N-methyl/N-ethyl adjacent to an activating group) is 1. The lowest BCUT2D eigenvalue weighted by Crippen LogP contribution is -2.59. The van der Waals surface area contributed by atoms with Gasteiger partial charge < -0.3 is 10.5 Å². The van der Waals surface area contributed by atoms with E-state index in [4.69, 9.17) is 22.1 Å². The Bertz CT molecular complexity index is 464. The largest absolute Gasteiger partial charge is 0.375 e. The average Bonchev–Trinajstić information content (AvgIpc) is 2.37. The fraction of sp³-hybridized carbons (Fsp3) is 0.625. The Morgan fingerprint density at radius 3 is 2.75 bits per heavy atom. The van der Waals surface area contributed by atoms with Crippen molar-refractivity contribution in [3.05, 3.63) is 34.9 Å². The highest BCUT2D eigenvalue weighted by Gasteiger charge is 2.42. The molecule has 0 spiro atoms. The van der Waals surface area contributed by atoms with E-state index < -0.39 is 0 Å². The third-order valence-electron chi connectivity index (χ3n) is 4.31. The molecule has 1 aliphatic rings. The van der Waals surface area contributed by atoms with Gasteiger partial charge in [0.1, 0.15) is 0 Å². The third-order valence-corrected chi connectivity index (χ3v) is 4.55. The van der Waals surface area contributed by atoms with Crippen LogP contribution in [0.2, 0.25) is 5.02 Å². The second-order valence-electron chi connectivity index (χ2n) is 6.45. The zero-order valence-electron chi connectivity index (χ0n) is 12.7. The van der Waals surface area contributed by atoms with Gasteiger partial charge in [-0.2, -0.15) is 0 Å². The molecule has 0 radical (unpaired) electrons. The second kappa shape index (κ2) is 6.02. The van der Waals surface area contributed by atoms with Gasteiger partial charge >= 0.3 is 0 Å². The predicted molar refractivity (Wildman–Crippen MR) is 84.0 cm³/mol. The quantitative estimate of drug-likeness (QED) is 0.928. The zero-order valence-corrected chi connectivity index (χ0v) is 13.4. The van der Waals surface area contributed by atoms with Gasteiger partial charge in [-0.3, -0.25) is 4.90 Å². The molecule has 0 bridgehead atoms. The Morgan fingerprint density at radius 2 is 2.15 bits per heavy atom. The van der Waals surface area contributed by atoms with Gasteiger partial charge in [-0.1, -0.05) is 23.7 Å². The first-order valence-corrected chi connectivity index (χ1v) is 7.54. The lowest BCUT2D eigenvalue weighted by atomic mass is 9.80. The van der Waals surface area contributed by atoms with Crippen LogP contribution in [0.1, 0.15) is 32.3 Å². The highest BCUT2D eigenvalue weighted by atomic mass is 35.5. The highest BCUT2D eigenvalue weighted by molar-refractivity contribution is 6.30. The van der Waals surface area contributed by atoms with Crippen molar-refractivity contribution in [1.82, 2.24) is 4.90 Å². The van der Waals surface area contributed by atoms with Gasteiger partial charge in [0.05, 0.1) is 5.60 Å². The first-order valence-electron chi connectivity index (χ1n) is 7.17. The van der Waals surface area contributed by atoms with Gasteiger partial charge in [0.2, 0.25) is 0 Å². The fourth-order valence-corrected chi connectivity index (χ4v) is 3.39. The molecule has 0 saturated carbocycles. The molecule has 0 amide bonds. The first-order chi connectivity index (χ1) is 9.37. The standard InChI is InChI=1S/C16H25ClN2O/c1-15(2)11-16(12-18,7-8-20-15)19(3)10-13-5-4-6-14(17)9-13/h4-6,9H,7-8,10-12,18H2,1-3H3. The van der Waals surface area contributed by atoms with E-state index in [0.29, 0.717) is 6.54 Å². The smallest absolute Gasteiger partial charge is 0.0644 e. The van der Waals surface area contributed by atoms with Crippen LogP contribution in [0, 0.1) is 0 Å². The molecule has 4 heteroatoms. The maximum Gasteiger partial charge on any atom is 0.0644 e. The van der Waals surface area contributed by atoms with Gasteiger partial charge in [0.25, 0.3) is 0 Å². The highest BCUT2D eigenvalue weighted by Crippen LogP contribution is 2.36. The van der Waals surface area contributed by atoms with Crippen LogP contribution in [0.3, 0.4) is 0 Å². The molecule has 1 fully saturated rings. The Labute approximate surface area is 127 Å². The molecule has 0 aliphatic carbocycles. The summed E-state index contributed by atoms with van der Waals surface area (Å²) in [5, 5.41) is 0.782. The van der Waals surface area contributed by atoms with E-state index >= 15 is 0 Å².